The molecule has 3 nitrogen and oxygen atoms in total. The van der Waals surface area contributed by atoms with Gasteiger partial charge < -0.3 is 10.3 Å². The first kappa shape index (κ1) is 13.2. The summed E-state index contributed by atoms with van der Waals surface area (Å²) >= 11 is 3.50. The number of fused-ring (bicyclic) bond motifs is 1. The Kier molecular flexibility index (Phi) is 3.49. The molecule has 0 unspecified atom stereocenters. The van der Waals surface area contributed by atoms with E-state index in [0.29, 0.717) is 0 Å². The normalized spacial score (nSPS) is 11.1. The van der Waals surface area contributed by atoms with E-state index in [1.54, 1.807) is 0 Å². The number of benzene rings is 2. The van der Waals surface area contributed by atoms with Crippen LogP contribution >= 0.6 is 15.9 Å². The first-order valence-electron chi connectivity index (χ1n) is 6.66. The van der Waals surface area contributed by atoms with Gasteiger partial charge in [0.15, 0.2) is 0 Å². The highest BCUT2D eigenvalue weighted by Crippen LogP contribution is 2.22. The number of hydrogen-bond acceptors (Lipinski definition) is 2. The zero-order chi connectivity index (χ0) is 14.1. The van der Waals surface area contributed by atoms with E-state index in [2.05, 4.69) is 51.7 Å². The summed E-state index contributed by atoms with van der Waals surface area (Å²) in [6, 6.07) is 14.2. The summed E-state index contributed by atoms with van der Waals surface area (Å²) in [5.41, 5.74) is 10.0. The average Bonchev–Trinajstić information content (AvgIpc) is 2.74. The first-order chi connectivity index (χ1) is 9.67. The van der Waals surface area contributed by atoms with Crippen LogP contribution in [-0.2, 0) is 13.0 Å². The number of aryl methyl sites for hydroxylation is 1. The third-order valence-electron chi connectivity index (χ3n) is 3.42. The molecule has 0 bridgehead atoms. The van der Waals surface area contributed by atoms with Gasteiger partial charge >= 0.3 is 0 Å². The zero-order valence-electron chi connectivity index (χ0n) is 11.3. The fourth-order valence-electron chi connectivity index (χ4n) is 2.53. The molecule has 1 heterocycles. The van der Waals surface area contributed by atoms with Crippen molar-refractivity contribution in [3.63, 3.8) is 0 Å². The van der Waals surface area contributed by atoms with Gasteiger partial charge in [0.25, 0.3) is 0 Å². The Morgan fingerprint density at radius 1 is 1.20 bits per heavy atom. The smallest absolute Gasteiger partial charge is 0.114 e. The van der Waals surface area contributed by atoms with Crippen LogP contribution in [0, 0.1) is 0 Å². The number of nitrogens with two attached hydrogens (primary N) is 1. The topological polar surface area (TPSA) is 43.8 Å². The number of nitrogens with zero attached hydrogens (tertiary/aromatic N) is 2. The van der Waals surface area contributed by atoms with Crippen LogP contribution in [0.2, 0.25) is 0 Å². The molecule has 0 fully saturated rings. The van der Waals surface area contributed by atoms with Gasteiger partial charge in [-0.15, -0.1) is 0 Å². The molecule has 0 atom stereocenters. The van der Waals surface area contributed by atoms with E-state index in [9.17, 15) is 0 Å². The minimum Gasteiger partial charge on any atom is -0.399 e. The van der Waals surface area contributed by atoms with Gasteiger partial charge in [0.05, 0.1) is 11.0 Å². The Morgan fingerprint density at radius 3 is 2.80 bits per heavy atom. The van der Waals surface area contributed by atoms with Crippen molar-refractivity contribution in [3.05, 3.63) is 58.3 Å². The Morgan fingerprint density at radius 2 is 2.05 bits per heavy atom. The largest absolute Gasteiger partial charge is 0.399 e. The van der Waals surface area contributed by atoms with Crippen molar-refractivity contribution < 1.29 is 0 Å². The zero-order valence-corrected chi connectivity index (χ0v) is 12.9. The van der Waals surface area contributed by atoms with Crippen molar-refractivity contribution in [1.29, 1.82) is 0 Å². The highest BCUT2D eigenvalue weighted by molar-refractivity contribution is 9.10. The molecule has 102 valence electrons. The second-order valence-corrected chi connectivity index (χ2v) is 5.74. The van der Waals surface area contributed by atoms with Gasteiger partial charge in [0.1, 0.15) is 5.82 Å². The second-order valence-electron chi connectivity index (χ2n) is 4.83. The fraction of sp³-hybridized carbons (Fsp3) is 0.188. The maximum Gasteiger partial charge on any atom is 0.114 e. The molecule has 0 amide bonds. The molecule has 1 aromatic heterocycles. The Bertz CT molecular complexity index is 762. The van der Waals surface area contributed by atoms with Gasteiger partial charge in [0, 0.05) is 23.1 Å². The van der Waals surface area contributed by atoms with Gasteiger partial charge in [-0.2, -0.15) is 0 Å². The Labute approximate surface area is 126 Å². The van der Waals surface area contributed by atoms with E-state index in [1.165, 1.54) is 11.1 Å². The third kappa shape index (κ3) is 2.43. The minimum absolute atomic E-state index is 0.796. The SMILES string of the molecule is CCn1c(Cc2cccc(N)c2)nc2cc(Br)ccc21. The van der Waals surface area contributed by atoms with Crippen LogP contribution in [-0.4, -0.2) is 9.55 Å². The monoisotopic (exact) mass is 329 g/mol. The van der Waals surface area contributed by atoms with Crippen LogP contribution in [0.3, 0.4) is 0 Å². The van der Waals surface area contributed by atoms with E-state index in [1.807, 2.05) is 18.2 Å². The van der Waals surface area contributed by atoms with Crippen molar-refractivity contribution in [2.45, 2.75) is 19.9 Å². The van der Waals surface area contributed by atoms with Crippen LogP contribution < -0.4 is 5.73 Å². The fourth-order valence-corrected chi connectivity index (χ4v) is 2.88. The highest BCUT2D eigenvalue weighted by atomic mass is 79.9. The Hall–Kier alpha value is -1.81. The molecule has 0 radical (unpaired) electrons. The van der Waals surface area contributed by atoms with Crippen LogP contribution in [0.25, 0.3) is 11.0 Å². The van der Waals surface area contributed by atoms with Crippen molar-refractivity contribution >= 4 is 32.7 Å². The standard InChI is InChI=1S/C16H16BrN3/c1-2-20-15-7-6-12(17)10-14(15)19-16(20)9-11-4-3-5-13(18)8-11/h3-8,10H,2,9,18H2,1H3. The molecule has 2 aromatic carbocycles. The van der Waals surface area contributed by atoms with Crippen LogP contribution in [0.1, 0.15) is 18.3 Å². The van der Waals surface area contributed by atoms with Crippen molar-refractivity contribution in [2.75, 3.05) is 5.73 Å². The molecule has 0 saturated heterocycles. The van der Waals surface area contributed by atoms with E-state index in [4.69, 9.17) is 10.7 Å². The van der Waals surface area contributed by atoms with Gasteiger partial charge in [-0.3, -0.25) is 0 Å². The minimum atomic E-state index is 0.796. The van der Waals surface area contributed by atoms with Crippen molar-refractivity contribution in [3.8, 4) is 0 Å². The summed E-state index contributed by atoms with van der Waals surface area (Å²) in [7, 11) is 0. The predicted octanol–water partition coefficient (Wildman–Crippen LogP) is 3.99. The number of hydrogen-bond donors (Lipinski definition) is 1. The molecule has 0 aliphatic rings. The van der Waals surface area contributed by atoms with Crippen LogP contribution in [0.4, 0.5) is 5.69 Å². The van der Waals surface area contributed by atoms with Gasteiger partial charge in [-0.1, -0.05) is 28.1 Å². The molecule has 3 aromatic rings. The Balaban J connectivity index is 2.06. The number of rotatable bonds is 3. The second kappa shape index (κ2) is 5.29. The quantitative estimate of drug-likeness (QED) is 0.738. The number of halogens is 1. The van der Waals surface area contributed by atoms with Gasteiger partial charge in [0.2, 0.25) is 0 Å². The summed E-state index contributed by atoms with van der Waals surface area (Å²) in [6.07, 6.45) is 0.797. The van der Waals surface area contributed by atoms with E-state index in [-0.39, 0.29) is 0 Å². The lowest BCUT2D eigenvalue weighted by molar-refractivity contribution is 0.734. The number of imidazole rings is 1. The molecule has 20 heavy (non-hydrogen) atoms. The van der Waals surface area contributed by atoms with E-state index >= 15 is 0 Å². The molecular formula is C16H16BrN3. The van der Waals surface area contributed by atoms with Crippen molar-refractivity contribution in [2.24, 2.45) is 0 Å². The highest BCUT2D eigenvalue weighted by Gasteiger charge is 2.10. The first-order valence-corrected chi connectivity index (χ1v) is 7.45. The maximum atomic E-state index is 5.84. The molecule has 2 N–H and O–H groups in total. The van der Waals surface area contributed by atoms with Crippen LogP contribution in [0.5, 0.6) is 0 Å². The van der Waals surface area contributed by atoms with Crippen LogP contribution in [0.15, 0.2) is 46.9 Å². The molecule has 4 heteroatoms. The lowest BCUT2D eigenvalue weighted by Gasteiger charge is -2.06. The maximum absolute atomic E-state index is 5.84. The molecule has 3 rings (SSSR count). The lowest BCUT2D eigenvalue weighted by Crippen LogP contribution is -2.02. The van der Waals surface area contributed by atoms with Crippen molar-refractivity contribution in [1.82, 2.24) is 9.55 Å². The predicted molar refractivity (Wildman–Crippen MR) is 86.8 cm³/mol. The molecule has 0 saturated carbocycles. The number of nitrogen functional groups attached to an aromatic ring is 1. The summed E-state index contributed by atoms with van der Waals surface area (Å²) in [6.45, 7) is 3.06. The van der Waals surface area contributed by atoms with Gasteiger partial charge in [-0.25, -0.2) is 4.98 Å². The van der Waals surface area contributed by atoms with E-state index < -0.39 is 0 Å². The molecule has 0 spiro atoms. The molecular weight excluding hydrogens is 314 g/mol. The summed E-state index contributed by atoms with van der Waals surface area (Å²) in [5, 5.41) is 0. The number of anilines is 1. The summed E-state index contributed by atoms with van der Waals surface area (Å²) < 4.78 is 3.31. The average molecular weight is 330 g/mol. The summed E-state index contributed by atoms with van der Waals surface area (Å²) in [4.78, 5) is 4.76. The van der Waals surface area contributed by atoms with Gasteiger partial charge in [-0.05, 0) is 42.8 Å². The molecule has 0 aliphatic carbocycles. The molecule has 0 aliphatic heterocycles. The number of aromatic nitrogens is 2. The summed E-state index contributed by atoms with van der Waals surface area (Å²) in [5.74, 6) is 1.08. The third-order valence-corrected chi connectivity index (χ3v) is 3.91. The van der Waals surface area contributed by atoms with E-state index in [0.717, 1.165) is 34.5 Å². The lowest BCUT2D eigenvalue weighted by atomic mass is 10.1.